The number of carbonyl (C=O) groups is 1. The molecule has 0 radical (unpaired) electrons. The molecule has 0 bridgehead atoms. The highest BCUT2D eigenvalue weighted by molar-refractivity contribution is 5.80. The predicted molar refractivity (Wildman–Crippen MR) is 54.8 cm³/mol. The Morgan fingerprint density at radius 2 is 2.36 bits per heavy atom. The van der Waals surface area contributed by atoms with E-state index in [1.54, 1.807) is 0 Å². The van der Waals surface area contributed by atoms with Gasteiger partial charge in [0.25, 0.3) is 0 Å². The zero-order chi connectivity index (χ0) is 10.6. The molecule has 1 fully saturated rings. The Labute approximate surface area is 85.2 Å². The van der Waals surface area contributed by atoms with E-state index in [4.69, 9.17) is 10.5 Å². The third kappa shape index (κ3) is 3.27. The summed E-state index contributed by atoms with van der Waals surface area (Å²) in [5, 5.41) is 3.16. The number of carbonyl (C=O) groups excluding carboxylic acids is 1. The minimum absolute atomic E-state index is 0.230. The lowest BCUT2D eigenvalue weighted by molar-refractivity contribution is -0.121. The molecular weight excluding hydrogens is 180 g/mol. The van der Waals surface area contributed by atoms with Gasteiger partial charge < -0.3 is 15.8 Å². The first-order chi connectivity index (χ1) is 6.61. The number of rotatable bonds is 5. The monoisotopic (exact) mass is 200 g/mol. The van der Waals surface area contributed by atoms with Crippen molar-refractivity contribution in [1.29, 1.82) is 0 Å². The summed E-state index contributed by atoms with van der Waals surface area (Å²) in [7, 11) is 0. The largest absolute Gasteiger partial charge is 0.377 e. The van der Waals surface area contributed by atoms with Gasteiger partial charge in [-0.3, -0.25) is 4.79 Å². The van der Waals surface area contributed by atoms with Crippen molar-refractivity contribution < 1.29 is 9.53 Å². The summed E-state index contributed by atoms with van der Waals surface area (Å²) in [5.41, 5.74) is 5.28. The summed E-state index contributed by atoms with van der Waals surface area (Å²) < 4.78 is 5.45. The molecule has 1 saturated heterocycles. The Kier molecular flexibility index (Phi) is 4.35. The average molecular weight is 200 g/mol. The van der Waals surface area contributed by atoms with Crippen molar-refractivity contribution in [3.63, 3.8) is 0 Å². The van der Waals surface area contributed by atoms with Gasteiger partial charge in [0.1, 0.15) is 0 Å². The van der Waals surface area contributed by atoms with E-state index in [1.807, 2.05) is 13.8 Å². The van der Waals surface area contributed by atoms with E-state index in [0.717, 1.165) is 26.0 Å². The highest BCUT2D eigenvalue weighted by atomic mass is 16.5. The summed E-state index contributed by atoms with van der Waals surface area (Å²) >= 11 is 0. The SMILES string of the molecule is CC(C)[C@H](NCC1CCCO1)C(N)=O. The molecule has 1 rings (SSSR count). The van der Waals surface area contributed by atoms with Crippen LogP contribution in [0.25, 0.3) is 0 Å². The molecule has 0 aliphatic carbocycles. The van der Waals surface area contributed by atoms with Gasteiger partial charge in [0.2, 0.25) is 5.91 Å². The lowest BCUT2D eigenvalue weighted by Crippen LogP contribution is -2.47. The third-order valence-electron chi connectivity index (χ3n) is 2.56. The molecule has 1 unspecified atom stereocenters. The van der Waals surface area contributed by atoms with E-state index in [2.05, 4.69) is 5.32 Å². The Morgan fingerprint density at radius 1 is 1.64 bits per heavy atom. The Hall–Kier alpha value is -0.610. The second kappa shape index (κ2) is 5.32. The van der Waals surface area contributed by atoms with Gasteiger partial charge in [-0.25, -0.2) is 0 Å². The zero-order valence-corrected chi connectivity index (χ0v) is 8.95. The molecule has 14 heavy (non-hydrogen) atoms. The van der Waals surface area contributed by atoms with Gasteiger partial charge in [0, 0.05) is 13.2 Å². The van der Waals surface area contributed by atoms with Crippen LogP contribution in [0.4, 0.5) is 0 Å². The van der Waals surface area contributed by atoms with E-state index in [9.17, 15) is 4.79 Å². The second-order valence-electron chi connectivity index (χ2n) is 4.17. The maximum atomic E-state index is 11.1. The normalized spacial score (nSPS) is 24.1. The molecule has 3 N–H and O–H groups in total. The highest BCUT2D eigenvalue weighted by Crippen LogP contribution is 2.11. The van der Waals surface area contributed by atoms with Crippen LogP contribution in [-0.4, -0.2) is 31.2 Å². The molecule has 0 aromatic carbocycles. The van der Waals surface area contributed by atoms with Crippen LogP contribution >= 0.6 is 0 Å². The van der Waals surface area contributed by atoms with Crippen LogP contribution in [0.2, 0.25) is 0 Å². The van der Waals surface area contributed by atoms with Crippen LogP contribution in [0.3, 0.4) is 0 Å². The predicted octanol–water partition coefficient (Wildman–Crippen LogP) is 0.265. The van der Waals surface area contributed by atoms with Crippen molar-refractivity contribution in [3.05, 3.63) is 0 Å². The zero-order valence-electron chi connectivity index (χ0n) is 8.95. The Morgan fingerprint density at radius 3 is 2.79 bits per heavy atom. The number of amides is 1. The van der Waals surface area contributed by atoms with Crippen molar-refractivity contribution >= 4 is 5.91 Å². The van der Waals surface area contributed by atoms with Gasteiger partial charge in [-0.05, 0) is 18.8 Å². The minimum atomic E-state index is -0.280. The van der Waals surface area contributed by atoms with Crippen LogP contribution in [0, 0.1) is 5.92 Å². The average Bonchev–Trinajstić information content (AvgIpc) is 2.55. The van der Waals surface area contributed by atoms with Crippen LogP contribution in [0.5, 0.6) is 0 Å². The van der Waals surface area contributed by atoms with E-state index in [-0.39, 0.29) is 24.0 Å². The van der Waals surface area contributed by atoms with Gasteiger partial charge in [0.15, 0.2) is 0 Å². The van der Waals surface area contributed by atoms with Gasteiger partial charge >= 0.3 is 0 Å². The van der Waals surface area contributed by atoms with Crippen molar-refractivity contribution in [2.24, 2.45) is 11.7 Å². The number of nitrogens with two attached hydrogens (primary N) is 1. The van der Waals surface area contributed by atoms with Crippen molar-refractivity contribution in [1.82, 2.24) is 5.32 Å². The lowest BCUT2D eigenvalue weighted by Gasteiger charge is -2.20. The fourth-order valence-corrected chi connectivity index (χ4v) is 1.73. The topological polar surface area (TPSA) is 64.3 Å². The maximum Gasteiger partial charge on any atom is 0.234 e. The summed E-state index contributed by atoms with van der Waals surface area (Å²) in [4.78, 5) is 11.1. The molecule has 0 aromatic heterocycles. The number of hydrogen-bond donors (Lipinski definition) is 2. The first kappa shape index (κ1) is 11.5. The number of hydrogen-bond acceptors (Lipinski definition) is 3. The molecule has 0 aromatic rings. The Balaban J connectivity index is 2.28. The fraction of sp³-hybridized carbons (Fsp3) is 0.900. The molecule has 0 spiro atoms. The number of primary amides is 1. The van der Waals surface area contributed by atoms with Crippen LogP contribution < -0.4 is 11.1 Å². The van der Waals surface area contributed by atoms with Crippen molar-refractivity contribution in [2.75, 3.05) is 13.2 Å². The van der Waals surface area contributed by atoms with Crippen LogP contribution in [0.1, 0.15) is 26.7 Å². The molecule has 0 saturated carbocycles. The van der Waals surface area contributed by atoms with E-state index in [0.29, 0.717) is 0 Å². The summed E-state index contributed by atoms with van der Waals surface area (Å²) in [5.74, 6) is -0.0492. The molecule has 1 amide bonds. The smallest absolute Gasteiger partial charge is 0.234 e. The molecule has 4 heteroatoms. The maximum absolute atomic E-state index is 11.1. The van der Waals surface area contributed by atoms with Crippen molar-refractivity contribution in [3.8, 4) is 0 Å². The molecule has 82 valence electrons. The number of ether oxygens (including phenoxy) is 1. The molecule has 1 aliphatic heterocycles. The fourth-order valence-electron chi connectivity index (χ4n) is 1.73. The Bertz CT molecular complexity index is 189. The standard InChI is InChI=1S/C10H20N2O2/c1-7(2)9(10(11)13)12-6-8-4-3-5-14-8/h7-9,12H,3-6H2,1-2H3,(H2,11,13)/t8?,9-/m0/s1. The first-order valence-corrected chi connectivity index (χ1v) is 5.25. The molecular formula is C10H20N2O2. The molecule has 2 atom stereocenters. The summed E-state index contributed by atoms with van der Waals surface area (Å²) in [6.45, 7) is 5.54. The van der Waals surface area contributed by atoms with Gasteiger partial charge in [-0.15, -0.1) is 0 Å². The van der Waals surface area contributed by atoms with Crippen LogP contribution in [0.15, 0.2) is 0 Å². The minimum Gasteiger partial charge on any atom is -0.377 e. The van der Waals surface area contributed by atoms with Crippen LogP contribution in [-0.2, 0) is 9.53 Å². The lowest BCUT2D eigenvalue weighted by atomic mass is 10.0. The van der Waals surface area contributed by atoms with Gasteiger partial charge in [-0.1, -0.05) is 13.8 Å². The summed E-state index contributed by atoms with van der Waals surface area (Å²) in [6.07, 6.45) is 2.46. The number of nitrogens with one attached hydrogen (secondary N) is 1. The van der Waals surface area contributed by atoms with E-state index >= 15 is 0 Å². The quantitative estimate of drug-likeness (QED) is 0.669. The third-order valence-corrected chi connectivity index (χ3v) is 2.56. The highest BCUT2D eigenvalue weighted by Gasteiger charge is 2.22. The molecule has 1 heterocycles. The first-order valence-electron chi connectivity index (χ1n) is 5.25. The van der Waals surface area contributed by atoms with E-state index in [1.165, 1.54) is 0 Å². The molecule has 4 nitrogen and oxygen atoms in total. The van der Waals surface area contributed by atoms with E-state index < -0.39 is 0 Å². The van der Waals surface area contributed by atoms with Gasteiger partial charge in [0.05, 0.1) is 12.1 Å². The van der Waals surface area contributed by atoms with Gasteiger partial charge in [-0.2, -0.15) is 0 Å². The van der Waals surface area contributed by atoms with Crippen molar-refractivity contribution in [2.45, 2.75) is 38.8 Å². The molecule has 1 aliphatic rings. The second-order valence-corrected chi connectivity index (χ2v) is 4.17. The summed E-state index contributed by atoms with van der Waals surface area (Å²) in [6, 6.07) is -0.237.